The first-order valence-electron chi connectivity index (χ1n) is 10.8. The van der Waals surface area contributed by atoms with Gasteiger partial charge in [-0.25, -0.2) is 4.79 Å². The van der Waals surface area contributed by atoms with Crippen molar-refractivity contribution < 1.29 is 47.9 Å². The van der Waals surface area contributed by atoms with E-state index in [9.17, 15) is 14.4 Å². The number of rotatable bonds is 21. The molecule has 11 nitrogen and oxygen atoms in total. The molecule has 2 N–H and O–H groups in total. The van der Waals surface area contributed by atoms with Gasteiger partial charge in [0, 0.05) is 19.6 Å². The number of aliphatic carboxylic acids is 1. The molecule has 11 heteroatoms. The van der Waals surface area contributed by atoms with Crippen molar-refractivity contribution in [2.45, 2.75) is 45.6 Å². The second kappa shape index (κ2) is 19.9. The SMILES string of the molecule is CC(C)(C)OC(=O)COCCOCCOCCOCCOCCCNC(=O)CCC(=O)O. The fraction of sp³-hybridized carbons (Fsp3) is 0.857. The van der Waals surface area contributed by atoms with Gasteiger partial charge in [0.1, 0.15) is 12.2 Å². The van der Waals surface area contributed by atoms with Crippen LogP contribution >= 0.6 is 0 Å². The molecule has 0 heterocycles. The van der Waals surface area contributed by atoms with Crippen LogP contribution in [0, 0.1) is 0 Å². The van der Waals surface area contributed by atoms with E-state index >= 15 is 0 Å². The molecule has 1 amide bonds. The van der Waals surface area contributed by atoms with E-state index in [4.69, 9.17) is 33.5 Å². The molecule has 0 aliphatic heterocycles. The van der Waals surface area contributed by atoms with Gasteiger partial charge in [0.05, 0.1) is 59.3 Å². The largest absolute Gasteiger partial charge is 0.481 e. The zero-order valence-corrected chi connectivity index (χ0v) is 19.5. The quantitative estimate of drug-likeness (QED) is 0.185. The molecular formula is C21H39NO10. The van der Waals surface area contributed by atoms with Crippen molar-refractivity contribution in [1.29, 1.82) is 0 Å². The van der Waals surface area contributed by atoms with Gasteiger partial charge in [-0.1, -0.05) is 0 Å². The number of hydrogen-bond acceptors (Lipinski definition) is 9. The number of hydrogen-bond donors (Lipinski definition) is 2. The van der Waals surface area contributed by atoms with Gasteiger partial charge in [0.2, 0.25) is 5.91 Å². The maximum Gasteiger partial charge on any atom is 0.332 e. The maximum atomic E-state index is 11.4. The molecule has 0 unspecified atom stereocenters. The van der Waals surface area contributed by atoms with Crippen LogP contribution in [0.3, 0.4) is 0 Å². The number of amides is 1. The smallest absolute Gasteiger partial charge is 0.332 e. The number of carboxylic acids is 1. The maximum absolute atomic E-state index is 11.4. The van der Waals surface area contributed by atoms with Crippen molar-refractivity contribution in [3.63, 3.8) is 0 Å². The Hall–Kier alpha value is -1.79. The molecule has 0 saturated heterocycles. The van der Waals surface area contributed by atoms with E-state index in [1.165, 1.54) is 0 Å². The first-order valence-corrected chi connectivity index (χ1v) is 10.8. The van der Waals surface area contributed by atoms with Gasteiger partial charge in [-0.2, -0.15) is 0 Å². The summed E-state index contributed by atoms with van der Waals surface area (Å²) in [5, 5.41) is 11.1. The molecule has 0 aromatic carbocycles. The molecule has 0 aromatic rings. The Morgan fingerprint density at radius 2 is 1.19 bits per heavy atom. The van der Waals surface area contributed by atoms with Crippen LogP contribution in [0.5, 0.6) is 0 Å². The molecule has 0 fully saturated rings. The molecule has 0 aliphatic rings. The minimum atomic E-state index is -0.985. The highest BCUT2D eigenvalue weighted by Crippen LogP contribution is 2.06. The molecular weight excluding hydrogens is 426 g/mol. The van der Waals surface area contributed by atoms with E-state index < -0.39 is 17.5 Å². The summed E-state index contributed by atoms with van der Waals surface area (Å²) >= 11 is 0. The molecule has 188 valence electrons. The van der Waals surface area contributed by atoms with Crippen LogP contribution in [0.1, 0.15) is 40.0 Å². The van der Waals surface area contributed by atoms with Gasteiger partial charge in [-0.05, 0) is 27.2 Å². The summed E-state index contributed by atoms with van der Waals surface area (Å²) < 4.78 is 31.7. The van der Waals surface area contributed by atoms with Crippen LogP contribution in [0.4, 0.5) is 0 Å². The second-order valence-corrected chi connectivity index (χ2v) is 7.69. The van der Waals surface area contributed by atoms with Crippen molar-refractivity contribution in [2.24, 2.45) is 0 Å². The van der Waals surface area contributed by atoms with Crippen LogP contribution < -0.4 is 5.32 Å². The number of carbonyl (C=O) groups excluding carboxylic acids is 2. The third kappa shape index (κ3) is 24.5. The number of ether oxygens (including phenoxy) is 6. The van der Waals surface area contributed by atoms with Crippen molar-refractivity contribution in [2.75, 3.05) is 72.6 Å². The van der Waals surface area contributed by atoms with Crippen molar-refractivity contribution in [3.8, 4) is 0 Å². The average Bonchev–Trinajstić information content (AvgIpc) is 2.70. The van der Waals surface area contributed by atoms with Crippen LogP contribution in [0.2, 0.25) is 0 Å². The Morgan fingerprint density at radius 1 is 0.719 bits per heavy atom. The van der Waals surface area contributed by atoms with E-state index in [2.05, 4.69) is 5.32 Å². The number of carbonyl (C=O) groups is 3. The Balaban J connectivity index is 3.20. The molecule has 0 radical (unpaired) electrons. The summed E-state index contributed by atoms with van der Waals surface area (Å²) in [5.74, 6) is -1.65. The highest BCUT2D eigenvalue weighted by molar-refractivity contribution is 5.80. The van der Waals surface area contributed by atoms with E-state index in [0.29, 0.717) is 72.4 Å². The molecule has 0 aliphatic carbocycles. The van der Waals surface area contributed by atoms with E-state index in [-0.39, 0.29) is 25.4 Å². The summed E-state index contributed by atoms with van der Waals surface area (Å²) in [5.41, 5.74) is -0.516. The predicted octanol–water partition coefficient (Wildman–Crippen LogP) is 0.782. The highest BCUT2D eigenvalue weighted by atomic mass is 16.6. The minimum absolute atomic E-state index is 0.0114. The number of nitrogens with one attached hydrogen (secondary N) is 1. The third-order valence-electron chi connectivity index (χ3n) is 3.48. The Bertz CT molecular complexity index is 507. The summed E-state index contributed by atoms with van der Waals surface area (Å²) in [6.07, 6.45) is 0.471. The molecule has 0 spiro atoms. The summed E-state index contributed by atoms with van der Waals surface area (Å²) in [7, 11) is 0. The zero-order valence-electron chi connectivity index (χ0n) is 19.5. The number of esters is 1. The van der Waals surface area contributed by atoms with Gasteiger partial charge in [-0.15, -0.1) is 0 Å². The normalized spacial score (nSPS) is 11.3. The van der Waals surface area contributed by atoms with Gasteiger partial charge in [0.15, 0.2) is 0 Å². The second-order valence-electron chi connectivity index (χ2n) is 7.69. The molecule has 0 saturated carbocycles. The third-order valence-corrected chi connectivity index (χ3v) is 3.48. The van der Waals surface area contributed by atoms with Crippen molar-refractivity contribution in [1.82, 2.24) is 5.32 Å². The van der Waals surface area contributed by atoms with Gasteiger partial charge >= 0.3 is 11.9 Å². The molecule has 32 heavy (non-hydrogen) atoms. The van der Waals surface area contributed by atoms with Crippen LogP contribution in [0.25, 0.3) is 0 Å². The summed E-state index contributed by atoms with van der Waals surface area (Å²) in [6, 6.07) is 0. The molecule has 0 atom stereocenters. The van der Waals surface area contributed by atoms with Gasteiger partial charge in [0.25, 0.3) is 0 Å². The highest BCUT2D eigenvalue weighted by Gasteiger charge is 2.15. The lowest BCUT2D eigenvalue weighted by Gasteiger charge is -2.19. The van der Waals surface area contributed by atoms with Crippen LogP contribution in [0.15, 0.2) is 0 Å². The van der Waals surface area contributed by atoms with Crippen LogP contribution in [-0.4, -0.2) is 101 Å². The van der Waals surface area contributed by atoms with Crippen molar-refractivity contribution in [3.05, 3.63) is 0 Å². The fourth-order valence-electron chi connectivity index (χ4n) is 2.12. The van der Waals surface area contributed by atoms with E-state index in [0.717, 1.165) is 0 Å². The Morgan fingerprint density at radius 3 is 1.66 bits per heavy atom. The first kappa shape index (κ1) is 30.2. The fourth-order valence-corrected chi connectivity index (χ4v) is 2.12. The zero-order chi connectivity index (χ0) is 24.1. The Kier molecular flexibility index (Phi) is 18.8. The lowest BCUT2D eigenvalue weighted by molar-refractivity contribution is -0.160. The van der Waals surface area contributed by atoms with E-state index in [1.54, 1.807) is 20.8 Å². The molecule has 0 rings (SSSR count). The predicted molar refractivity (Wildman–Crippen MR) is 114 cm³/mol. The summed E-state index contributed by atoms with van der Waals surface area (Å²) in [4.78, 5) is 33.1. The van der Waals surface area contributed by atoms with Crippen LogP contribution in [-0.2, 0) is 42.8 Å². The molecule has 0 bridgehead atoms. The average molecular weight is 466 g/mol. The Labute approximate surface area is 190 Å². The number of carboxylic acid groups (broad SMARTS) is 1. The molecule has 0 aromatic heterocycles. The summed E-state index contributed by atoms with van der Waals surface area (Å²) in [6.45, 7) is 9.55. The monoisotopic (exact) mass is 465 g/mol. The minimum Gasteiger partial charge on any atom is -0.481 e. The first-order chi connectivity index (χ1) is 15.2. The topological polar surface area (TPSA) is 139 Å². The van der Waals surface area contributed by atoms with Crippen molar-refractivity contribution >= 4 is 17.8 Å². The lowest BCUT2D eigenvalue weighted by atomic mass is 10.2. The standard InChI is InChI=1S/C21H39NO10/c1-21(2,3)32-20(26)17-31-16-15-30-14-13-29-12-11-28-10-9-27-8-4-7-22-18(23)5-6-19(24)25/h4-17H2,1-3H3,(H,22,23)(H,24,25). The van der Waals surface area contributed by atoms with Gasteiger partial charge in [-0.3, -0.25) is 9.59 Å². The van der Waals surface area contributed by atoms with E-state index in [1.807, 2.05) is 0 Å². The van der Waals surface area contributed by atoms with Gasteiger partial charge < -0.3 is 38.8 Å². The lowest BCUT2D eigenvalue weighted by Crippen LogP contribution is -2.27.